The van der Waals surface area contributed by atoms with Gasteiger partial charge in [0.05, 0.1) is 0 Å². The van der Waals surface area contributed by atoms with Gasteiger partial charge in [0, 0.05) is 63.0 Å². The van der Waals surface area contributed by atoms with Gasteiger partial charge in [-0.05, 0) is 49.8 Å². The summed E-state index contributed by atoms with van der Waals surface area (Å²) in [5, 5.41) is 8.38. The molecule has 1 aliphatic rings. The number of methoxy groups -OCH3 is 1. The Morgan fingerprint density at radius 2 is 2.00 bits per heavy atom. The van der Waals surface area contributed by atoms with Crippen molar-refractivity contribution in [3.05, 3.63) is 33.8 Å². The minimum atomic E-state index is 0. The summed E-state index contributed by atoms with van der Waals surface area (Å²) < 4.78 is 5.13. The Morgan fingerprint density at radius 3 is 2.64 bits per heavy atom. The van der Waals surface area contributed by atoms with E-state index in [1.54, 1.807) is 13.2 Å². The Bertz CT molecular complexity index is 596. The van der Waals surface area contributed by atoms with Crippen molar-refractivity contribution in [2.45, 2.75) is 38.1 Å². The van der Waals surface area contributed by atoms with Crippen LogP contribution < -0.4 is 10.6 Å². The summed E-state index contributed by atoms with van der Waals surface area (Å²) >= 11 is 12.2. The molecule has 160 valence electrons. The second kappa shape index (κ2) is 14.7. The van der Waals surface area contributed by atoms with Crippen LogP contribution >= 0.6 is 47.2 Å². The number of benzene rings is 1. The molecule has 1 heterocycles. The summed E-state index contributed by atoms with van der Waals surface area (Å²) in [7, 11) is 3.59. The first-order chi connectivity index (χ1) is 13.1. The van der Waals surface area contributed by atoms with Crippen molar-refractivity contribution < 1.29 is 4.74 Å². The van der Waals surface area contributed by atoms with Crippen LogP contribution in [0.1, 0.15) is 31.2 Å². The zero-order chi connectivity index (χ0) is 19.5. The number of hydrogen-bond acceptors (Lipinski definition) is 3. The molecule has 0 aliphatic carbocycles. The monoisotopic (exact) mass is 542 g/mol. The van der Waals surface area contributed by atoms with Crippen LogP contribution in [0.2, 0.25) is 10.0 Å². The van der Waals surface area contributed by atoms with E-state index in [0.29, 0.717) is 11.1 Å². The molecule has 1 saturated heterocycles. The molecule has 0 unspecified atom stereocenters. The molecule has 0 atom stereocenters. The molecule has 0 bridgehead atoms. The fourth-order valence-electron chi connectivity index (χ4n) is 3.33. The molecule has 0 saturated carbocycles. The van der Waals surface area contributed by atoms with Crippen molar-refractivity contribution in [2.75, 3.05) is 46.9 Å². The fraction of sp³-hybridized carbons (Fsp3) is 0.650. The maximum absolute atomic E-state index is 6.23. The zero-order valence-corrected chi connectivity index (χ0v) is 20.7. The maximum atomic E-state index is 6.23. The SMILES string of the molecule is CN=C(NCCCc1ccc(Cl)cc1Cl)NC1CCN(CCCOC)CC1.I. The number of nitrogens with one attached hydrogen (secondary N) is 2. The van der Waals surface area contributed by atoms with Gasteiger partial charge in [-0.2, -0.15) is 0 Å². The number of hydrogen-bond donors (Lipinski definition) is 2. The number of likely N-dealkylation sites (tertiary alicyclic amines) is 1. The predicted octanol–water partition coefficient (Wildman–Crippen LogP) is 4.21. The van der Waals surface area contributed by atoms with Crippen LogP contribution in [0.5, 0.6) is 0 Å². The number of guanidine groups is 1. The van der Waals surface area contributed by atoms with E-state index in [2.05, 4.69) is 20.5 Å². The molecule has 0 amide bonds. The standard InChI is InChI=1S/C20H32Cl2N4O.HI/c1-23-20(24-10-3-5-16-6-7-17(21)15-19(16)22)25-18-8-12-26(13-9-18)11-4-14-27-2;/h6-7,15,18H,3-5,8-14H2,1-2H3,(H2,23,24,25);1H. The van der Waals surface area contributed by atoms with Gasteiger partial charge in [-0.3, -0.25) is 4.99 Å². The van der Waals surface area contributed by atoms with Gasteiger partial charge in [-0.1, -0.05) is 29.3 Å². The Balaban J connectivity index is 0.00000392. The number of nitrogens with zero attached hydrogens (tertiary/aromatic N) is 2. The minimum Gasteiger partial charge on any atom is -0.385 e. The molecule has 1 aromatic carbocycles. The quantitative estimate of drug-likeness (QED) is 0.212. The summed E-state index contributed by atoms with van der Waals surface area (Å²) in [4.78, 5) is 6.87. The molecular formula is C20H33Cl2IN4O. The summed E-state index contributed by atoms with van der Waals surface area (Å²) in [5.41, 5.74) is 1.13. The molecule has 1 aliphatic heterocycles. The van der Waals surface area contributed by atoms with Gasteiger partial charge < -0.3 is 20.3 Å². The van der Waals surface area contributed by atoms with Crippen LogP contribution in [0.3, 0.4) is 0 Å². The summed E-state index contributed by atoms with van der Waals surface area (Å²) in [6.45, 7) is 5.09. The van der Waals surface area contributed by atoms with Crippen LogP contribution in [0, 0.1) is 0 Å². The van der Waals surface area contributed by atoms with Crippen molar-refractivity contribution in [1.29, 1.82) is 0 Å². The minimum absolute atomic E-state index is 0. The molecule has 28 heavy (non-hydrogen) atoms. The fourth-order valence-corrected chi connectivity index (χ4v) is 3.83. The van der Waals surface area contributed by atoms with Gasteiger partial charge >= 0.3 is 0 Å². The molecule has 0 aromatic heterocycles. The molecule has 1 aromatic rings. The van der Waals surface area contributed by atoms with Gasteiger partial charge in [0.25, 0.3) is 0 Å². The predicted molar refractivity (Wildman–Crippen MR) is 131 cm³/mol. The maximum Gasteiger partial charge on any atom is 0.191 e. The first-order valence-electron chi connectivity index (χ1n) is 9.74. The number of ether oxygens (including phenoxy) is 1. The largest absolute Gasteiger partial charge is 0.385 e. The average Bonchev–Trinajstić information content (AvgIpc) is 2.67. The molecule has 5 nitrogen and oxygen atoms in total. The molecule has 2 rings (SSSR count). The number of rotatable bonds is 9. The van der Waals surface area contributed by atoms with E-state index in [0.717, 1.165) is 81.4 Å². The highest BCUT2D eigenvalue weighted by Gasteiger charge is 2.19. The number of halogens is 3. The Kier molecular flexibility index (Phi) is 13.5. The Labute approximate surface area is 196 Å². The normalized spacial score (nSPS) is 15.9. The number of aliphatic imine (C=N–C) groups is 1. The van der Waals surface area contributed by atoms with Gasteiger partial charge in [-0.15, -0.1) is 24.0 Å². The highest BCUT2D eigenvalue weighted by Crippen LogP contribution is 2.21. The lowest BCUT2D eigenvalue weighted by molar-refractivity contribution is 0.155. The van der Waals surface area contributed by atoms with E-state index >= 15 is 0 Å². The highest BCUT2D eigenvalue weighted by molar-refractivity contribution is 14.0. The van der Waals surface area contributed by atoms with E-state index < -0.39 is 0 Å². The lowest BCUT2D eigenvalue weighted by Gasteiger charge is -2.33. The highest BCUT2D eigenvalue weighted by atomic mass is 127. The van der Waals surface area contributed by atoms with Crippen LogP contribution in [-0.2, 0) is 11.2 Å². The van der Waals surface area contributed by atoms with Gasteiger partial charge in [-0.25, -0.2) is 0 Å². The molecule has 0 spiro atoms. The van der Waals surface area contributed by atoms with Crippen molar-refractivity contribution in [1.82, 2.24) is 15.5 Å². The summed E-state index contributed by atoms with van der Waals surface area (Å²) in [5.74, 6) is 0.884. The summed E-state index contributed by atoms with van der Waals surface area (Å²) in [6.07, 6.45) is 5.30. The van der Waals surface area contributed by atoms with Crippen LogP contribution in [-0.4, -0.2) is 63.8 Å². The third-order valence-corrected chi connectivity index (χ3v) is 5.49. The van der Waals surface area contributed by atoms with Gasteiger partial charge in [0.2, 0.25) is 0 Å². The molecule has 1 fully saturated rings. The molecular weight excluding hydrogens is 510 g/mol. The average molecular weight is 543 g/mol. The van der Waals surface area contributed by atoms with Gasteiger partial charge in [0.15, 0.2) is 5.96 Å². The van der Waals surface area contributed by atoms with E-state index in [1.165, 1.54) is 0 Å². The van der Waals surface area contributed by atoms with Crippen molar-refractivity contribution in [3.63, 3.8) is 0 Å². The third kappa shape index (κ3) is 9.48. The molecule has 8 heteroatoms. The second-order valence-electron chi connectivity index (χ2n) is 6.94. The number of aryl methyl sites for hydroxylation is 1. The zero-order valence-electron chi connectivity index (χ0n) is 16.8. The van der Waals surface area contributed by atoms with Gasteiger partial charge in [0.1, 0.15) is 0 Å². The Morgan fingerprint density at radius 1 is 1.25 bits per heavy atom. The third-order valence-electron chi connectivity index (χ3n) is 4.91. The van der Waals surface area contributed by atoms with Crippen LogP contribution in [0.25, 0.3) is 0 Å². The smallest absolute Gasteiger partial charge is 0.191 e. The first kappa shape index (κ1) is 25.8. The van der Waals surface area contributed by atoms with Crippen molar-refractivity contribution in [2.24, 2.45) is 4.99 Å². The second-order valence-corrected chi connectivity index (χ2v) is 7.79. The van der Waals surface area contributed by atoms with Crippen LogP contribution in [0.15, 0.2) is 23.2 Å². The van der Waals surface area contributed by atoms with E-state index in [9.17, 15) is 0 Å². The molecule has 2 N–H and O–H groups in total. The van der Waals surface area contributed by atoms with E-state index in [-0.39, 0.29) is 24.0 Å². The van der Waals surface area contributed by atoms with E-state index in [1.807, 2.05) is 19.2 Å². The van der Waals surface area contributed by atoms with Crippen molar-refractivity contribution >= 4 is 53.1 Å². The summed E-state index contributed by atoms with van der Waals surface area (Å²) in [6, 6.07) is 6.17. The lowest BCUT2D eigenvalue weighted by atomic mass is 10.1. The number of piperidine rings is 1. The van der Waals surface area contributed by atoms with Crippen LogP contribution in [0.4, 0.5) is 0 Å². The lowest BCUT2D eigenvalue weighted by Crippen LogP contribution is -2.49. The topological polar surface area (TPSA) is 48.9 Å². The first-order valence-corrected chi connectivity index (χ1v) is 10.5. The Hall–Kier alpha value is -0.280. The van der Waals surface area contributed by atoms with E-state index in [4.69, 9.17) is 27.9 Å². The van der Waals surface area contributed by atoms with Crippen molar-refractivity contribution in [3.8, 4) is 0 Å². The molecule has 0 radical (unpaired) electrons.